The molecule has 0 saturated heterocycles. The van der Waals surface area contributed by atoms with E-state index in [0.29, 0.717) is 12.1 Å². The molecule has 0 spiro atoms. The van der Waals surface area contributed by atoms with Crippen LogP contribution < -0.4 is 5.32 Å². The van der Waals surface area contributed by atoms with Crippen LogP contribution in [0.1, 0.15) is 35.8 Å². The Morgan fingerprint density at radius 3 is 2.75 bits per heavy atom. The topological polar surface area (TPSA) is 24.9 Å². The molecule has 0 saturated carbocycles. The number of nitrogens with zero attached hydrogens (tertiary/aromatic N) is 1. The molecule has 5 heteroatoms. The van der Waals surface area contributed by atoms with E-state index in [9.17, 15) is 13.2 Å². The summed E-state index contributed by atoms with van der Waals surface area (Å²) in [6.45, 7) is 0. The number of hydrogen-bond donors (Lipinski definition) is 1. The van der Waals surface area contributed by atoms with Crippen LogP contribution in [0.5, 0.6) is 0 Å². The minimum atomic E-state index is -4.35. The van der Waals surface area contributed by atoms with Crippen LogP contribution in [-0.2, 0) is 12.6 Å². The highest BCUT2D eigenvalue weighted by atomic mass is 19.4. The van der Waals surface area contributed by atoms with Gasteiger partial charge < -0.3 is 5.32 Å². The molecule has 88 valence electrons. The number of alkyl halides is 3. The molecule has 2 rings (SSSR count). The molecule has 1 aromatic heterocycles. The second kappa shape index (κ2) is 4.05. The number of aryl methyl sites for hydroxylation is 1. The second-order valence-corrected chi connectivity index (χ2v) is 3.96. The summed E-state index contributed by atoms with van der Waals surface area (Å²) >= 11 is 0. The predicted octanol–water partition coefficient (Wildman–Crippen LogP) is 2.70. The summed E-state index contributed by atoms with van der Waals surface area (Å²) in [5, 5.41) is 3.10. The third-order valence-electron chi connectivity index (χ3n) is 2.93. The summed E-state index contributed by atoms with van der Waals surface area (Å²) in [6, 6.07) is 2.75. The Kier molecular flexibility index (Phi) is 2.88. The zero-order valence-corrected chi connectivity index (χ0v) is 8.93. The summed E-state index contributed by atoms with van der Waals surface area (Å²) in [5.74, 6) is 0. The lowest BCUT2D eigenvalue weighted by Gasteiger charge is -2.24. The average Bonchev–Trinajstić information content (AvgIpc) is 2.26. The van der Waals surface area contributed by atoms with Gasteiger partial charge in [-0.05, 0) is 37.9 Å². The van der Waals surface area contributed by atoms with E-state index in [2.05, 4.69) is 10.3 Å². The zero-order chi connectivity index (χ0) is 11.8. The van der Waals surface area contributed by atoms with Gasteiger partial charge in [-0.1, -0.05) is 6.07 Å². The molecular weight excluding hydrogens is 217 g/mol. The molecule has 1 aromatic rings. The Morgan fingerprint density at radius 1 is 1.38 bits per heavy atom. The van der Waals surface area contributed by atoms with Crippen LogP contribution in [0.25, 0.3) is 0 Å². The van der Waals surface area contributed by atoms with Gasteiger partial charge in [0.15, 0.2) is 0 Å². The van der Waals surface area contributed by atoms with Gasteiger partial charge in [-0.15, -0.1) is 0 Å². The van der Waals surface area contributed by atoms with Gasteiger partial charge in [0.1, 0.15) is 5.69 Å². The molecule has 0 aliphatic heterocycles. The van der Waals surface area contributed by atoms with Crippen molar-refractivity contribution in [2.45, 2.75) is 31.5 Å². The molecule has 0 amide bonds. The van der Waals surface area contributed by atoms with Crippen molar-refractivity contribution in [3.05, 3.63) is 29.1 Å². The van der Waals surface area contributed by atoms with E-state index in [1.165, 1.54) is 0 Å². The first-order valence-corrected chi connectivity index (χ1v) is 5.26. The summed E-state index contributed by atoms with van der Waals surface area (Å²) in [7, 11) is 1.82. The Bertz CT molecular complexity index is 387. The molecular formula is C11H13F3N2. The normalized spacial score (nSPS) is 20.6. The first kappa shape index (κ1) is 11.4. The number of rotatable bonds is 1. The standard InChI is InChI=1S/C11H13F3N2/c1-15-8-3-2-4-9-7(8)5-6-10(16-9)11(12,13)14/h5-6,8,15H,2-4H2,1H3. The van der Waals surface area contributed by atoms with E-state index in [4.69, 9.17) is 0 Å². The Hall–Kier alpha value is -1.10. The van der Waals surface area contributed by atoms with Crippen LogP contribution in [0.15, 0.2) is 12.1 Å². The lowest BCUT2D eigenvalue weighted by molar-refractivity contribution is -0.141. The van der Waals surface area contributed by atoms with E-state index in [1.54, 1.807) is 6.07 Å². The minimum Gasteiger partial charge on any atom is -0.313 e. The van der Waals surface area contributed by atoms with E-state index < -0.39 is 11.9 Å². The average molecular weight is 230 g/mol. The number of fused-ring (bicyclic) bond motifs is 1. The number of aromatic nitrogens is 1. The fourth-order valence-corrected chi connectivity index (χ4v) is 2.12. The van der Waals surface area contributed by atoms with Crippen molar-refractivity contribution >= 4 is 0 Å². The highest BCUT2D eigenvalue weighted by Crippen LogP contribution is 2.33. The molecule has 0 fully saturated rings. The number of hydrogen-bond acceptors (Lipinski definition) is 2. The van der Waals surface area contributed by atoms with Crippen LogP contribution in [0.4, 0.5) is 13.2 Å². The fraction of sp³-hybridized carbons (Fsp3) is 0.545. The molecule has 1 aliphatic rings. The first-order valence-electron chi connectivity index (χ1n) is 5.26. The zero-order valence-electron chi connectivity index (χ0n) is 8.93. The largest absolute Gasteiger partial charge is 0.433 e. The molecule has 1 aliphatic carbocycles. The molecule has 0 bridgehead atoms. The third-order valence-corrected chi connectivity index (χ3v) is 2.93. The highest BCUT2D eigenvalue weighted by Gasteiger charge is 2.33. The maximum Gasteiger partial charge on any atom is 0.433 e. The highest BCUT2D eigenvalue weighted by molar-refractivity contribution is 5.29. The van der Waals surface area contributed by atoms with Crippen LogP contribution in [0, 0.1) is 0 Å². The quantitative estimate of drug-likeness (QED) is 0.802. The molecule has 1 unspecified atom stereocenters. The van der Waals surface area contributed by atoms with E-state index in [1.807, 2.05) is 7.05 Å². The first-order chi connectivity index (χ1) is 7.52. The van der Waals surface area contributed by atoms with Crippen LogP contribution in [-0.4, -0.2) is 12.0 Å². The van der Waals surface area contributed by atoms with Crippen molar-refractivity contribution in [1.29, 1.82) is 0 Å². The molecule has 16 heavy (non-hydrogen) atoms. The molecule has 2 nitrogen and oxygen atoms in total. The van der Waals surface area contributed by atoms with E-state index in [-0.39, 0.29) is 6.04 Å². The van der Waals surface area contributed by atoms with Gasteiger partial charge in [0.05, 0.1) is 0 Å². The summed E-state index contributed by atoms with van der Waals surface area (Å²) in [6.07, 6.45) is -1.87. The Labute approximate surface area is 91.9 Å². The molecule has 1 N–H and O–H groups in total. The van der Waals surface area contributed by atoms with Crippen molar-refractivity contribution in [1.82, 2.24) is 10.3 Å². The van der Waals surface area contributed by atoms with Gasteiger partial charge >= 0.3 is 6.18 Å². The summed E-state index contributed by atoms with van der Waals surface area (Å²) < 4.78 is 37.4. The minimum absolute atomic E-state index is 0.138. The van der Waals surface area contributed by atoms with Gasteiger partial charge in [0.25, 0.3) is 0 Å². The Balaban J connectivity index is 2.39. The number of halogens is 3. The smallest absolute Gasteiger partial charge is 0.313 e. The molecule has 1 atom stereocenters. The van der Waals surface area contributed by atoms with Crippen LogP contribution in [0.3, 0.4) is 0 Å². The monoisotopic (exact) mass is 230 g/mol. The maximum absolute atomic E-state index is 12.5. The van der Waals surface area contributed by atoms with Crippen molar-refractivity contribution in [3.8, 4) is 0 Å². The molecule has 0 aromatic carbocycles. The SMILES string of the molecule is CNC1CCCc2nc(C(F)(F)F)ccc21. The Morgan fingerprint density at radius 2 is 2.12 bits per heavy atom. The second-order valence-electron chi connectivity index (χ2n) is 3.96. The van der Waals surface area contributed by atoms with Crippen molar-refractivity contribution in [2.24, 2.45) is 0 Å². The lowest BCUT2D eigenvalue weighted by atomic mass is 9.91. The van der Waals surface area contributed by atoms with Crippen LogP contribution in [0.2, 0.25) is 0 Å². The third kappa shape index (κ3) is 2.04. The van der Waals surface area contributed by atoms with Crippen LogP contribution >= 0.6 is 0 Å². The van der Waals surface area contributed by atoms with Crippen molar-refractivity contribution in [3.63, 3.8) is 0 Å². The van der Waals surface area contributed by atoms with Gasteiger partial charge in [0.2, 0.25) is 0 Å². The van der Waals surface area contributed by atoms with Gasteiger partial charge in [0, 0.05) is 11.7 Å². The molecule has 1 heterocycles. The van der Waals surface area contributed by atoms with Gasteiger partial charge in [-0.25, -0.2) is 4.98 Å². The number of nitrogens with one attached hydrogen (secondary N) is 1. The number of pyridine rings is 1. The predicted molar refractivity (Wildman–Crippen MR) is 54.0 cm³/mol. The van der Waals surface area contributed by atoms with E-state index in [0.717, 1.165) is 24.5 Å². The van der Waals surface area contributed by atoms with Crippen molar-refractivity contribution < 1.29 is 13.2 Å². The summed E-state index contributed by atoms with van der Waals surface area (Å²) in [4.78, 5) is 3.72. The van der Waals surface area contributed by atoms with E-state index >= 15 is 0 Å². The summed E-state index contributed by atoms with van der Waals surface area (Å²) in [5.41, 5.74) is 0.699. The maximum atomic E-state index is 12.5. The van der Waals surface area contributed by atoms with Crippen molar-refractivity contribution in [2.75, 3.05) is 7.05 Å². The molecule has 0 radical (unpaired) electrons. The van der Waals surface area contributed by atoms with Gasteiger partial charge in [-0.2, -0.15) is 13.2 Å². The lowest BCUT2D eigenvalue weighted by Crippen LogP contribution is -2.23. The van der Waals surface area contributed by atoms with Gasteiger partial charge in [-0.3, -0.25) is 0 Å². The fourth-order valence-electron chi connectivity index (χ4n) is 2.12.